The summed E-state index contributed by atoms with van der Waals surface area (Å²) >= 11 is 0. The summed E-state index contributed by atoms with van der Waals surface area (Å²) in [6.45, 7) is 20.4. The first-order chi connectivity index (χ1) is 26.8. The van der Waals surface area contributed by atoms with Gasteiger partial charge in [0.05, 0.1) is 48.3 Å². The molecule has 58 heavy (non-hydrogen) atoms. The average molecular weight is 831 g/mol. The number of ketones is 2. The van der Waals surface area contributed by atoms with Crippen LogP contribution in [0.4, 0.5) is 0 Å². The second-order valence-electron chi connectivity index (χ2n) is 17.5. The van der Waals surface area contributed by atoms with Crippen molar-refractivity contribution >= 4 is 29.5 Å². The summed E-state index contributed by atoms with van der Waals surface area (Å²) in [5.41, 5.74) is -3.08. The van der Waals surface area contributed by atoms with Gasteiger partial charge in [-0.05, 0) is 53.9 Å². The van der Waals surface area contributed by atoms with Crippen molar-refractivity contribution in [1.29, 1.82) is 0 Å². The quantitative estimate of drug-likeness (QED) is 0.238. The predicted molar refractivity (Wildman–Crippen MR) is 207 cm³/mol. The summed E-state index contributed by atoms with van der Waals surface area (Å²) < 4.78 is 54.9. The summed E-state index contributed by atoms with van der Waals surface area (Å²) in [5, 5.41) is 23.4. The molecule has 334 valence electrons. The molecule has 0 radical (unpaired) electrons. The number of hydrogen-bond donors (Lipinski definition) is 2. The van der Waals surface area contributed by atoms with Crippen molar-refractivity contribution in [3.63, 3.8) is 0 Å². The SMILES string of the molecule is CO[C@H]1C[C@@H](C)O[C@@H](OC2[C@@H](C)[C@H](O[C@H]3C[C@@](C)(OC)[C@H](OC(C)=O)[C@H](C)O3)[C@@H](C)C(=O)O[C@H]([C@@H](C)C(C)=O)[C@H](C)[C@H](OC(C)=O)[C@@H](C)C(=O)[C@@](C)(O)C[C@@H]2C)[C@@H]1O. The van der Waals surface area contributed by atoms with Crippen LogP contribution in [-0.2, 0) is 66.6 Å². The Morgan fingerprint density at radius 2 is 1.41 bits per heavy atom. The van der Waals surface area contributed by atoms with Gasteiger partial charge in [-0.15, -0.1) is 0 Å². The smallest absolute Gasteiger partial charge is 0.311 e. The maximum Gasteiger partial charge on any atom is 0.311 e. The number of cyclic esters (lactones) is 1. The minimum atomic E-state index is -2.01. The maximum atomic E-state index is 14.5. The average Bonchev–Trinajstić information content (AvgIpc) is 3.13. The highest BCUT2D eigenvalue weighted by atomic mass is 16.7. The van der Waals surface area contributed by atoms with E-state index in [0.717, 1.165) is 0 Å². The number of Topliss-reactive ketones (excluding diaryl/α,β-unsaturated/α-hetero) is 2. The van der Waals surface area contributed by atoms with Gasteiger partial charge >= 0.3 is 17.9 Å². The molecule has 3 aliphatic heterocycles. The lowest BCUT2D eigenvalue weighted by molar-refractivity contribution is -0.313. The molecule has 0 bridgehead atoms. The zero-order valence-corrected chi connectivity index (χ0v) is 37.0. The van der Waals surface area contributed by atoms with Gasteiger partial charge in [0.15, 0.2) is 24.5 Å². The van der Waals surface area contributed by atoms with Crippen molar-refractivity contribution in [3.8, 4) is 0 Å². The van der Waals surface area contributed by atoms with E-state index in [0.29, 0.717) is 6.42 Å². The molecule has 2 N–H and O–H groups in total. The molecule has 3 heterocycles. The monoisotopic (exact) mass is 830 g/mol. The van der Waals surface area contributed by atoms with E-state index in [9.17, 15) is 34.2 Å². The van der Waals surface area contributed by atoms with Crippen LogP contribution in [0.1, 0.15) is 109 Å². The Morgan fingerprint density at radius 3 is 1.95 bits per heavy atom. The summed E-state index contributed by atoms with van der Waals surface area (Å²) in [4.78, 5) is 66.4. The first-order valence-electron chi connectivity index (χ1n) is 20.5. The molecule has 0 aromatic heterocycles. The molecule has 16 nitrogen and oxygen atoms in total. The molecule has 3 aliphatic rings. The topological polar surface area (TPSA) is 209 Å². The van der Waals surface area contributed by atoms with Crippen LogP contribution < -0.4 is 0 Å². The van der Waals surface area contributed by atoms with Gasteiger partial charge in [-0.25, -0.2) is 0 Å². The van der Waals surface area contributed by atoms with Gasteiger partial charge in [0.25, 0.3) is 0 Å². The molecule has 0 aliphatic carbocycles. The number of aliphatic hydroxyl groups excluding tert-OH is 1. The molecule has 0 saturated carbocycles. The van der Waals surface area contributed by atoms with Crippen LogP contribution in [0.15, 0.2) is 0 Å². The van der Waals surface area contributed by atoms with Gasteiger partial charge in [0.1, 0.15) is 35.3 Å². The fourth-order valence-electron chi connectivity index (χ4n) is 9.13. The number of carbonyl (C=O) groups excluding carboxylic acids is 5. The number of esters is 3. The molecule has 1 unspecified atom stereocenters. The van der Waals surface area contributed by atoms with Gasteiger partial charge in [0.2, 0.25) is 0 Å². The standard InChI is InChI=1S/C42H70O16/c1-19-17-41(12,49)37(47)24(6)35(54-28(10)44)23(5)34(21(3)26(8)43)57-39(48)25(7)36(22(4)33(19)58-40-32(46)30(50-14)16-20(2)52-40)56-31-18-42(13,51-15)38(27(9)53-31)55-29(11)45/h19-25,27,30-36,38,40,46,49H,16-18H2,1-15H3/t19-,20+,21-,22+,23-,24+,25+,27-,30-,31-,32+,33?,34+,35-,36-,38+,40-,41-,42+/m0/s1. The Morgan fingerprint density at radius 1 is 0.810 bits per heavy atom. The summed E-state index contributed by atoms with van der Waals surface area (Å²) in [7, 11) is 2.96. The molecule has 19 atom stereocenters. The van der Waals surface area contributed by atoms with Gasteiger partial charge in [0, 0.05) is 52.7 Å². The number of carbonyl (C=O) groups is 5. The lowest BCUT2D eigenvalue weighted by atomic mass is 9.74. The van der Waals surface area contributed by atoms with Gasteiger partial charge in [-0.1, -0.05) is 34.6 Å². The Kier molecular flexibility index (Phi) is 17.5. The molecule has 3 fully saturated rings. The van der Waals surface area contributed by atoms with E-state index in [1.165, 1.54) is 48.8 Å². The normalized spacial score (nSPS) is 44.0. The predicted octanol–water partition coefficient (Wildman–Crippen LogP) is 3.71. The second kappa shape index (κ2) is 20.3. The van der Waals surface area contributed by atoms with Crippen LogP contribution in [0.3, 0.4) is 0 Å². The van der Waals surface area contributed by atoms with Crippen LogP contribution in [0.2, 0.25) is 0 Å². The number of ether oxygens (including phenoxy) is 9. The van der Waals surface area contributed by atoms with Gasteiger partial charge < -0.3 is 52.8 Å². The summed E-state index contributed by atoms with van der Waals surface area (Å²) in [5.74, 6) is -8.34. The third-order valence-corrected chi connectivity index (χ3v) is 12.6. The number of methoxy groups -OCH3 is 2. The first kappa shape index (κ1) is 49.8. The van der Waals surface area contributed by atoms with Crippen molar-refractivity contribution < 1.29 is 76.8 Å². The molecule has 3 rings (SSSR count). The van der Waals surface area contributed by atoms with E-state index < -0.39 is 132 Å². The third-order valence-electron chi connectivity index (χ3n) is 12.6. The zero-order valence-electron chi connectivity index (χ0n) is 37.0. The van der Waals surface area contributed by atoms with E-state index in [2.05, 4.69) is 0 Å². The summed E-state index contributed by atoms with van der Waals surface area (Å²) in [6.07, 6.45) is -10.1. The van der Waals surface area contributed by atoms with Crippen LogP contribution in [-0.4, -0.2) is 133 Å². The van der Waals surface area contributed by atoms with Crippen LogP contribution in [0.5, 0.6) is 0 Å². The molecule has 16 heteroatoms. The fourth-order valence-corrected chi connectivity index (χ4v) is 9.13. The number of hydrogen-bond acceptors (Lipinski definition) is 16. The minimum absolute atomic E-state index is 0.0710. The van der Waals surface area contributed by atoms with Crippen molar-refractivity contribution in [2.45, 2.75) is 188 Å². The molecule has 0 aromatic rings. The molecular weight excluding hydrogens is 760 g/mol. The largest absolute Gasteiger partial charge is 0.461 e. The van der Waals surface area contributed by atoms with E-state index in [-0.39, 0.29) is 24.7 Å². The lowest BCUT2D eigenvalue weighted by Gasteiger charge is -2.48. The highest BCUT2D eigenvalue weighted by Gasteiger charge is 2.53. The summed E-state index contributed by atoms with van der Waals surface area (Å²) in [6, 6.07) is 0. The molecule has 3 saturated heterocycles. The molecular formula is C42H70O16. The van der Waals surface area contributed by atoms with E-state index in [1.54, 1.807) is 48.5 Å². The Labute approximate surface area is 343 Å². The maximum absolute atomic E-state index is 14.5. The first-order valence-corrected chi connectivity index (χ1v) is 20.5. The Bertz CT molecular complexity index is 1440. The van der Waals surface area contributed by atoms with E-state index in [1.807, 2.05) is 6.92 Å². The molecule has 0 spiro atoms. The Balaban J connectivity index is 2.25. The minimum Gasteiger partial charge on any atom is -0.461 e. The highest BCUT2D eigenvalue weighted by Crippen LogP contribution is 2.41. The van der Waals surface area contributed by atoms with Crippen LogP contribution in [0, 0.1) is 35.5 Å². The highest BCUT2D eigenvalue weighted by molar-refractivity contribution is 5.89. The van der Waals surface area contributed by atoms with Crippen molar-refractivity contribution in [2.75, 3.05) is 14.2 Å². The van der Waals surface area contributed by atoms with Crippen molar-refractivity contribution in [3.05, 3.63) is 0 Å². The van der Waals surface area contributed by atoms with Gasteiger partial charge in [-0.3, -0.25) is 24.0 Å². The van der Waals surface area contributed by atoms with E-state index >= 15 is 0 Å². The van der Waals surface area contributed by atoms with Crippen LogP contribution in [0.25, 0.3) is 0 Å². The van der Waals surface area contributed by atoms with Gasteiger partial charge in [-0.2, -0.15) is 0 Å². The number of aliphatic hydroxyl groups is 2. The third kappa shape index (κ3) is 11.6. The van der Waals surface area contributed by atoms with Crippen LogP contribution >= 0.6 is 0 Å². The van der Waals surface area contributed by atoms with E-state index in [4.69, 9.17) is 42.6 Å². The Hall–Kier alpha value is -2.57. The van der Waals surface area contributed by atoms with Crippen molar-refractivity contribution in [2.24, 2.45) is 35.5 Å². The molecule has 0 aromatic carbocycles. The lowest BCUT2D eigenvalue weighted by Crippen LogP contribution is -2.59. The second-order valence-corrected chi connectivity index (χ2v) is 17.5. The zero-order chi connectivity index (χ0) is 44.2. The fraction of sp³-hybridized carbons (Fsp3) is 0.881. The van der Waals surface area contributed by atoms with Crippen molar-refractivity contribution in [1.82, 2.24) is 0 Å². The molecule has 0 amide bonds. The number of rotatable bonds is 10.